The van der Waals surface area contributed by atoms with Gasteiger partial charge in [-0.25, -0.2) is 4.98 Å². The zero-order chi connectivity index (χ0) is 18.9. The molecule has 0 amide bonds. The van der Waals surface area contributed by atoms with Crippen molar-refractivity contribution in [2.75, 3.05) is 30.9 Å². The standard InChI is InChI=1S/C20H19N5O2/c1-26-17-5-7-18(8-6-17)27-12-11-23-20-22-10-9-19(25-20)24-16-4-2-3-15(13-16)14-21/h2-10,13H,11-12H2,1H3,(H2,22,23,24,25). The number of ether oxygens (including phenoxy) is 2. The first-order chi connectivity index (χ1) is 13.3. The van der Waals surface area contributed by atoms with Crippen molar-refractivity contribution in [3.63, 3.8) is 0 Å². The third-order valence-corrected chi connectivity index (χ3v) is 3.63. The molecule has 1 aromatic heterocycles. The van der Waals surface area contributed by atoms with Gasteiger partial charge in [0.25, 0.3) is 0 Å². The molecular formula is C20H19N5O2. The number of nitrogens with one attached hydrogen (secondary N) is 2. The lowest BCUT2D eigenvalue weighted by molar-refractivity contribution is 0.331. The monoisotopic (exact) mass is 361 g/mol. The molecule has 1 heterocycles. The van der Waals surface area contributed by atoms with Crippen LogP contribution in [0.25, 0.3) is 0 Å². The fraction of sp³-hybridized carbons (Fsp3) is 0.150. The molecule has 27 heavy (non-hydrogen) atoms. The summed E-state index contributed by atoms with van der Waals surface area (Å²) in [6.07, 6.45) is 1.66. The van der Waals surface area contributed by atoms with E-state index in [1.54, 1.807) is 31.5 Å². The minimum absolute atomic E-state index is 0.470. The van der Waals surface area contributed by atoms with Gasteiger partial charge in [0.2, 0.25) is 5.95 Å². The Morgan fingerprint density at radius 2 is 1.89 bits per heavy atom. The molecule has 0 aliphatic rings. The molecule has 3 aromatic rings. The second kappa shape index (κ2) is 9.06. The normalized spacial score (nSPS) is 9.93. The van der Waals surface area contributed by atoms with Crippen LogP contribution < -0.4 is 20.1 Å². The summed E-state index contributed by atoms with van der Waals surface area (Å²) in [7, 11) is 1.63. The number of aromatic nitrogens is 2. The SMILES string of the molecule is COc1ccc(OCCNc2nccc(Nc3cccc(C#N)c3)n2)cc1. The van der Waals surface area contributed by atoms with E-state index >= 15 is 0 Å². The maximum atomic E-state index is 8.97. The van der Waals surface area contributed by atoms with E-state index < -0.39 is 0 Å². The lowest BCUT2D eigenvalue weighted by atomic mass is 10.2. The molecule has 0 unspecified atom stereocenters. The highest BCUT2D eigenvalue weighted by Crippen LogP contribution is 2.17. The van der Waals surface area contributed by atoms with Crippen LogP contribution >= 0.6 is 0 Å². The van der Waals surface area contributed by atoms with Crippen LogP contribution in [0.4, 0.5) is 17.5 Å². The Kier molecular flexibility index (Phi) is 6.04. The van der Waals surface area contributed by atoms with E-state index in [1.165, 1.54) is 0 Å². The lowest BCUT2D eigenvalue weighted by Gasteiger charge is -2.10. The van der Waals surface area contributed by atoms with Crippen molar-refractivity contribution in [1.82, 2.24) is 9.97 Å². The lowest BCUT2D eigenvalue weighted by Crippen LogP contribution is -2.13. The number of benzene rings is 2. The van der Waals surface area contributed by atoms with E-state index in [9.17, 15) is 0 Å². The molecule has 0 aliphatic heterocycles. The molecule has 0 bridgehead atoms. The van der Waals surface area contributed by atoms with Crippen molar-refractivity contribution in [1.29, 1.82) is 5.26 Å². The number of nitrogens with zero attached hydrogens (tertiary/aromatic N) is 3. The fourth-order valence-electron chi connectivity index (χ4n) is 2.33. The summed E-state index contributed by atoms with van der Waals surface area (Å²) in [6, 6.07) is 18.5. The Balaban J connectivity index is 1.50. The van der Waals surface area contributed by atoms with Gasteiger partial charge in [0, 0.05) is 11.9 Å². The number of methoxy groups -OCH3 is 1. The predicted molar refractivity (Wildman–Crippen MR) is 103 cm³/mol. The van der Waals surface area contributed by atoms with Gasteiger partial charge in [-0.15, -0.1) is 0 Å². The zero-order valence-electron chi connectivity index (χ0n) is 14.8. The van der Waals surface area contributed by atoms with Crippen LogP contribution in [0.1, 0.15) is 5.56 Å². The van der Waals surface area contributed by atoms with Gasteiger partial charge in [-0.05, 0) is 48.5 Å². The Morgan fingerprint density at radius 3 is 2.67 bits per heavy atom. The number of nitriles is 1. The highest BCUT2D eigenvalue weighted by Gasteiger charge is 2.01. The van der Waals surface area contributed by atoms with Gasteiger partial charge in [0.15, 0.2) is 0 Å². The highest BCUT2D eigenvalue weighted by molar-refractivity contribution is 5.59. The maximum absolute atomic E-state index is 8.97. The summed E-state index contributed by atoms with van der Waals surface area (Å²) >= 11 is 0. The minimum atomic E-state index is 0.470. The van der Waals surface area contributed by atoms with Crippen LogP contribution in [-0.4, -0.2) is 30.2 Å². The van der Waals surface area contributed by atoms with Crippen molar-refractivity contribution in [3.05, 3.63) is 66.4 Å². The van der Waals surface area contributed by atoms with E-state index in [2.05, 4.69) is 26.7 Å². The second-order valence-corrected chi connectivity index (χ2v) is 5.53. The minimum Gasteiger partial charge on any atom is -0.497 e. The maximum Gasteiger partial charge on any atom is 0.224 e. The van der Waals surface area contributed by atoms with Gasteiger partial charge in [0.1, 0.15) is 23.9 Å². The van der Waals surface area contributed by atoms with Crippen molar-refractivity contribution in [2.45, 2.75) is 0 Å². The number of hydrogen-bond acceptors (Lipinski definition) is 7. The Morgan fingerprint density at radius 1 is 1.07 bits per heavy atom. The van der Waals surface area contributed by atoms with Crippen LogP contribution in [0, 0.1) is 11.3 Å². The highest BCUT2D eigenvalue weighted by atomic mass is 16.5. The molecular weight excluding hydrogens is 342 g/mol. The molecule has 2 aromatic carbocycles. The van der Waals surface area contributed by atoms with Gasteiger partial charge in [-0.3, -0.25) is 0 Å². The molecule has 136 valence electrons. The van der Waals surface area contributed by atoms with Crippen LogP contribution in [0.2, 0.25) is 0 Å². The molecule has 7 heteroatoms. The molecule has 0 spiro atoms. The topological polar surface area (TPSA) is 92.1 Å². The Hall–Kier alpha value is -3.79. The van der Waals surface area contributed by atoms with Crippen molar-refractivity contribution >= 4 is 17.5 Å². The van der Waals surface area contributed by atoms with Crippen LogP contribution in [-0.2, 0) is 0 Å². The van der Waals surface area contributed by atoms with Gasteiger partial charge < -0.3 is 20.1 Å². The quantitative estimate of drug-likeness (QED) is 0.592. The summed E-state index contributed by atoms with van der Waals surface area (Å²) in [5, 5.41) is 15.3. The number of rotatable bonds is 8. The zero-order valence-corrected chi connectivity index (χ0v) is 14.8. The average molecular weight is 361 g/mol. The van der Waals surface area contributed by atoms with E-state index in [0.717, 1.165) is 17.2 Å². The van der Waals surface area contributed by atoms with Crippen molar-refractivity contribution in [2.24, 2.45) is 0 Å². The summed E-state index contributed by atoms with van der Waals surface area (Å²) < 4.78 is 10.8. The second-order valence-electron chi connectivity index (χ2n) is 5.53. The fourth-order valence-corrected chi connectivity index (χ4v) is 2.33. The summed E-state index contributed by atoms with van der Waals surface area (Å²) in [6.45, 7) is 1.02. The predicted octanol–water partition coefficient (Wildman–Crippen LogP) is 3.59. The van der Waals surface area contributed by atoms with Gasteiger partial charge >= 0.3 is 0 Å². The first-order valence-electron chi connectivity index (χ1n) is 8.38. The Labute approximate surface area is 157 Å². The summed E-state index contributed by atoms with van der Waals surface area (Å²) in [5.74, 6) is 2.69. The van der Waals surface area contributed by atoms with Gasteiger partial charge in [-0.1, -0.05) is 6.07 Å². The average Bonchev–Trinajstić information content (AvgIpc) is 2.72. The summed E-state index contributed by atoms with van der Waals surface area (Å²) in [5.41, 5.74) is 1.38. The first-order valence-corrected chi connectivity index (χ1v) is 8.38. The molecule has 0 atom stereocenters. The van der Waals surface area contributed by atoms with Gasteiger partial charge in [-0.2, -0.15) is 10.2 Å². The molecule has 0 saturated carbocycles. The molecule has 7 nitrogen and oxygen atoms in total. The first kappa shape index (κ1) is 18.0. The molecule has 2 N–H and O–H groups in total. The van der Waals surface area contributed by atoms with E-state index in [-0.39, 0.29) is 0 Å². The number of anilines is 3. The van der Waals surface area contributed by atoms with Crippen molar-refractivity contribution in [3.8, 4) is 17.6 Å². The van der Waals surface area contributed by atoms with Crippen LogP contribution in [0.15, 0.2) is 60.8 Å². The van der Waals surface area contributed by atoms with Crippen molar-refractivity contribution < 1.29 is 9.47 Å². The Bertz CT molecular complexity index is 922. The smallest absolute Gasteiger partial charge is 0.224 e. The molecule has 0 radical (unpaired) electrons. The summed E-state index contributed by atoms with van der Waals surface area (Å²) in [4.78, 5) is 8.60. The largest absolute Gasteiger partial charge is 0.497 e. The third-order valence-electron chi connectivity index (χ3n) is 3.63. The van der Waals surface area contributed by atoms with E-state index in [1.807, 2.05) is 36.4 Å². The van der Waals surface area contributed by atoms with Gasteiger partial charge in [0.05, 0.1) is 25.3 Å². The van der Waals surface area contributed by atoms with Crippen LogP contribution in [0.5, 0.6) is 11.5 Å². The molecule has 0 saturated heterocycles. The molecule has 0 fully saturated rings. The molecule has 3 rings (SSSR count). The molecule has 0 aliphatic carbocycles. The number of hydrogen-bond donors (Lipinski definition) is 2. The third kappa shape index (κ3) is 5.34. The van der Waals surface area contributed by atoms with E-state index in [0.29, 0.717) is 30.5 Å². The van der Waals surface area contributed by atoms with Crippen LogP contribution in [0.3, 0.4) is 0 Å². The van der Waals surface area contributed by atoms with E-state index in [4.69, 9.17) is 14.7 Å².